The molecule has 0 spiro atoms. The summed E-state index contributed by atoms with van der Waals surface area (Å²) < 4.78 is 1.74. The fourth-order valence-electron chi connectivity index (χ4n) is 2.16. The summed E-state index contributed by atoms with van der Waals surface area (Å²) in [7, 11) is 0. The Kier molecular flexibility index (Phi) is 3.81. The van der Waals surface area contributed by atoms with E-state index in [1.165, 1.54) is 0 Å². The Balaban J connectivity index is 1.96. The van der Waals surface area contributed by atoms with Crippen LogP contribution >= 0.6 is 11.6 Å². The maximum absolute atomic E-state index is 5.91. The minimum absolute atomic E-state index is 0.549. The predicted molar refractivity (Wildman–Crippen MR) is 88.1 cm³/mol. The van der Waals surface area contributed by atoms with E-state index in [4.69, 9.17) is 11.6 Å². The quantitative estimate of drug-likeness (QED) is 0.794. The first-order valence-electron chi connectivity index (χ1n) is 6.93. The highest BCUT2D eigenvalue weighted by Gasteiger charge is 2.09. The molecule has 0 radical (unpaired) electrons. The van der Waals surface area contributed by atoms with E-state index in [0.717, 1.165) is 28.5 Å². The summed E-state index contributed by atoms with van der Waals surface area (Å²) in [5.41, 5.74) is 3.82. The van der Waals surface area contributed by atoms with Gasteiger partial charge < -0.3 is 5.32 Å². The largest absolute Gasteiger partial charge is 0.340 e. The Hall–Kier alpha value is -2.40. The van der Waals surface area contributed by atoms with Crippen molar-refractivity contribution in [2.24, 2.45) is 0 Å². The third kappa shape index (κ3) is 2.94. The van der Waals surface area contributed by atoms with Gasteiger partial charge in [0, 0.05) is 28.2 Å². The first kappa shape index (κ1) is 14.5. The van der Waals surface area contributed by atoms with E-state index in [1.807, 2.05) is 51.1 Å². The molecule has 0 atom stereocenters. The van der Waals surface area contributed by atoms with Gasteiger partial charge in [-0.1, -0.05) is 11.6 Å². The number of rotatable bonds is 3. The fourth-order valence-corrected chi connectivity index (χ4v) is 2.29. The molecule has 0 aliphatic carbocycles. The first-order valence-corrected chi connectivity index (χ1v) is 7.30. The summed E-state index contributed by atoms with van der Waals surface area (Å²) in [4.78, 5) is 8.95. The second-order valence-corrected chi connectivity index (χ2v) is 5.61. The van der Waals surface area contributed by atoms with Crippen LogP contribution in [-0.4, -0.2) is 19.7 Å². The Bertz CT molecular complexity index is 808. The van der Waals surface area contributed by atoms with Crippen molar-refractivity contribution in [2.75, 3.05) is 5.32 Å². The normalized spacial score (nSPS) is 10.7. The molecule has 1 aromatic carbocycles. The molecule has 2 aromatic heterocycles. The summed E-state index contributed by atoms with van der Waals surface area (Å²) in [5.74, 6) is 1.30. The van der Waals surface area contributed by atoms with Crippen LogP contribution in [0.25, 0.3) is 5.95 Å². The van der Waals surface area contributed by atoms with Gasteiger partial charge in [-0.2, -0.15) is 10.1 Å². The zero-order valence-electron chi connectivity index (χ0n) is 12.6. The average Bonchev–Trinajstić information content (AvgIpc) is 2.82. The molecule has 6 heteroatoms. The van der Waals surface area contributed by atoms with Crippen molar-refractivity contribution >= 4 is 23.1 Å². The SMILES string of the molecule is Cc1cc(C)n(-c2ncc(C)c(Nc3ccc(Cl)cc3)n2)n1. The van der Waals surface area contributed by atoms with Gasteiger partial charge in [-0.05, 0) is 51.1 Å². The fraction of sp³-hybridized carbons (Fsp3) is 0.188. The molecule has 1 N–H and O–H groups in total. The number of halogens is 1. The molecule has 3 aromatic rings. The number of benzene rings is 1. The molecular weight excluding hydrogens is 298 g/mol. The van der Waals surface area contributed by atoms with Gasteiger partial charge in [-0.25, -0.2) is 9.67 Å². The van der Waals surface area contributed by atoms with E-state index < -0.39 is 0 Å². The van der Waals surface area contributed by atoms with Crippen molar-refractivity contribution in [1.29, 1.82) is 0 Å². The molecule has 112 valence electrons. The molecule has 0 aliphatic heterocycles. The minimum atomic E-state index is 0.549. The van der Waals surface area contributed by atoms with Crippen molar-refractivity contribution in [1.82, 2.24) is 19.7 Å². The van der Waals surface area contributed by atoms with Crippen molar-refractivity contribution in [3.8, 4) is 5.95 Å². The maximum Gasteiger partial charge on any atom is 0.252 e. The van der Waals surface area contributed by atoms with Gasteiger partial charge in [0.25, 0.3) is 5.95 Å². The smallest absolute Gasteiger partial charge is 0.252 e. The molecule has 22 heavy (non-hydrogen) atoms. The van der Waals surface area contributed by atoms with Gasteiger partial charge >= 0.3 is 0 Å². The number of nitrogens with zero attached hydrogens (tertiary/aromatic N) is 4. The first-order chi connectivity index (χ1) is 10.5. The highest BCUT2D eigenvalue weighted by atomic mass is 35.5. The van der Waals surface area contributed by atoms with E-state index in [2.05, 4.69) is 20.4 Å². The van der Waals surface area contributed by atoms with Crippen LogP contribution in [0.5, 0.6) is 0 Å². The predicted octanol–water partition coefficient (Wildman–Crippen LogP) is 3.98. The highest BCUT2D eigenvalue weighted by molar-refractivity contribution is 6.30. The second-order valence-electron chi connectivity index (χ2n) is 5.17. The Morgan fingerprint density at radius 1 is 1.09 bits per heavy atom. The van der Waals surface area contributed by atoms with Crippen LogP contribution in [0, 0.1) is 20.8 Å². The molecule has 0 bridgehead atoms. The van der Waals surface area contributed by atoms with Gasteiger partial charge in [0.2, 0.25) is 0 Å². The van der Waals surface area contributed by atoms with E-state index in [9.17, 15) is 0 Å². The number of hydrogen-bond acceptors (Lipinski definition) is 4. The van der Waals surface area contributed by atoms with Gasteiger partial charge in [-0.3, -0.25) is 0 Å². The monoisotopic (exact) mass is 313 g/mol. The summed E-state index contributed by atoms with van der Waals surface area (Å²) in [6, 6.07) is 9.49. The van der Waals surface area contributed by atoms with Crippen LogP contribution in [0.15, 0.2) is 36.5 Å². The maximum atomic E-state index is 5.91. The number of nitrogens with one attached hydrogen (secondary N) is 1. The lowest BCUT2D eigenvalue weighted by Crippen LogP contribution is -2.08. The Morgan fingerprint density at radius 3 is 2.45 bits per heavy atom. The molecule has 5 nitrogen and oxygen atoms in total. The lowest BCUT2D eigenvalue weighted by Gasteiger charge is -2.10. The van der Waals surface area contributed by atoms with Crippen molar-refractivity contribution in [3.05, 3.63) is 58.5 Å². The second kappa shape index (κ2) is 5.77. The minimum Gasteiger partial charge on any atom is -0.340 e. The summed E-state index contributed by atoms with van der Waals surface area (Å²) in [6.45, 7) is 5.89. The number of anilines is 2. The average molecular weight is 314 g/mol. The van der Waals surface area contributed by atoms with E-state index in [0.29, 0.717) is 11.0 Å². The van der Waals surface area contributed by atoms with Crippen molar-refractivity contribution < 1.29 is 0 Å². The highest BCUT2D eigenvalue weighted by Crippen LogP contribution is 2.21. The van der Waals surface area contributed by atoms with Crippen molar-refractivity contribution in [3.63, 3.8) is 0 Å². The zero-order chi connectivity index (χ0) is 15.7. The van der Waals surface area contributed by atoms with Gasteiger partial charge in [0.05, 0.1) is 5.69 Å². The van der Waals surface area contributed by atoms with Gasteiger partial charge in [-0.15, -0.1) is 0 Å². The summed E-state index contributed by atoms with van der Waals surface area (Å²) in [5, 5.41) is 8.40. The molecule has 0 unspecified atom stereocenters. The number of aromatic nitrogens is 4. The standard InChI is InChI=1S/C16H16ClN5/c1-10-9-18-16(22-12(3)8-11(2)21-22)20-15(10)19-14-6-4-13(17)5-7-14/h4-9H,1-3H3,(H,18,19,20). The van der Waals surface area contributed by atoms with E-state index >= 15 is 0 Å². The van der Waals surface area contributed by atoms with Crippen LogP contribution in [0.3, 0.4) is 0 Å². The molecule has 0 amide bonds. The Labute approximate surface area is 134 Å². The summed E-state index contributed by atoms with van der Waals surface area (Å²) in [6.07, 6.45) is 1.79. The number of aryl methyl sites for hydroxylation is 3. The molecule has 0 saturated carbocycles. The lowest BCUT2D eigenvalue weighted by molar-refractivity contribution is 0.773. The molecular formula is C16H16ClN5. The molecule has 3 rings (SSSR count). The van der Waals surface area contributed by atoms with Crippen LogP contribution in [0.4, 0.5) is 11.5 Å². The van der Waals surface area contributed by atoms with E-state index in [-0.39, 0.29) is 0 Å². The van der Waals surface area contributed by atoms with Crippen LogP contribution in [0.2, 0.25) is 5.02 Å². The molecule has 0 fully saturated rings. The van der Waals surface area contributed by atoms with Crippen LogP contribution < -0.4 is 5.32 Å². The van der Waals surface area contributed by atoms with Gasteiger partial charge in [0.15, 0.2) is 0 Å². The zero-order valence-corrected chi connectivity index (χ0v) is 13.4. The van der Waals surface area contributed by atoms with E-state index in [1.54, 1.807) is 10.9 Å². The number of hydrogen-bond donors (Lipinski definition) is 1. The third-order valence-electron chi connectivity index (χ3n) is 3.26. The van der Waals surface area contributed by atoms with Gasteiger partial charge in [0.1, 0.15) is 5.82 Å². The van der Waals surface area contributed by atoms with Crippen molar-refractivity contribution in [2.45, 2.75) is 20.8 Å². The van der Waals surface area contributed by atoms with Crippen LogP contribution in [-0.2, 0) is 0 Å². The Morgan fingerprint density at radius 2 is 1.82 bits per heavy atom. The topological polar surface area (TPSA) is 55.6 Å². The molecule has 0 aliphatic rings. The third-order valence-corrected chi connectivity index (χ3v) is 3.52. The summed E-state index contributed by atoms with van der Waals surface area (Å²) >= 11 is 5.91. The lowest BCUT2D eigenvalue weighted by atomic mass is 10.3. The van der Waals surface area contributed by atoms with Crippen LogP contribution in [0.1, 0.15) is 17.0 Å². The molecule has 2 heterocycles. The molecule has 0 saturated heterocycles.